The highest BCUT2D eigenvalue weighted by Gasteiger charge is 2.27. The molecule has 1 aliphatic heterocycles. The van der Waals surface area contributed by atoms with E-state index in [0.717, 1.165) is 29.9 Å². The predicted octanol–water partition coefficient (Wildman–Crippen LogP) is 3.86. The molecule has 3 heterocycles. The van der Waals surface area contributed by atoms with Gasteiger partial charge in [0.1, 0.15) is 23.6 Å². The van der Waals surface area contributed by atoms with Crippen LogP contribution in [0, 0.1) is 21.4 Å². The van der Waals surface area contributed by atoms with Gasteiger partial charge in [-0.05, 0) is 25.0 Å². The van der Waals surface area contributed by atoms with E-state index in [-0.39, 0.29) is 17.2 Å². The van der Waals surface area contributed by atoms with Crippen LogP contribution in [-0.2, 0) is 0 Å². The first-order valence-electron chi connectivity index (χ1n) is 8.30. The van der Waals surface area contributed by atoms with Gasteiger partial charge in [-0.2, -0.15) is 5.26 Å². The SMILES string of the molecule is N#Cc1cc([N+](=O)[O-])cnc1N1CCC[C@H](c2nc3ccccc3s2)C1. The highest BCUT2D eigenvalue weighted by Crippen LogP contribution is 2.35. The summed E-state index contributed by atoms with van der Waals surface area (Å²) in [6.45, 7) is 1.49. The van der Waals surface area contributed by atoms with Gasteiger partial charge in [-0.1, -0.05) is 12.1 Å². The van der Waals surface area contributed by atoms with Crippen LogP contribution >= 0.6 is 11.3 Å². The quantitative estimate of drug-likeness (QED) is 0.516. The molecule has 0 amide bonds. The summed E-state index contributed by atoms with van der Waals surface area (Å²) in [6, 6.07) is 11.4. The van der Waals surface area contributed by atoms with Gasteiger partial charge in [0.15, 0.2) is 0 Å². The number of pyridine rings is 1. The van der Waals surface area contributed by atoms with Crippen LogP contribution in [0.2, 0.25) is 0 Å². The zero-order chi connectivity index (χ0) is 18.1. The molecule has 0 unspecified atom stereocenters. The number of nitro groups is 1. The molecule has 0 radical (unpaired) electrons. The lowest BCUT2D eigenvalue weighted by Gasteiger charge is -2.33. The van der Waals surface area contributed by atoms with Crippen LogP contribution < -0.4 is 4.90 Å². The van der Waals surface area contributed by atoms with Crippen LogP contribution in [-0.4, -0.2) is 28.0 Å². The maximum atomic E-state index is 10.9. The summed E-state index contributed by atoms with van der Waals surface area (Å²) in [5.41, 5.74) is 1.09. The fourth-order valence-corrected chi connectivity index (χ4v) is 4.41. The normalized spacial score (nSPS) is 17.2. The van der Waals surface area contributed by atoms with Gasteiger partial charge in [-0.3, -0.25) is 10.1 Å². The molecular weight excluding hydrogens is 350 g/mol. The van der Waals surface area contributed by atoms with Crippen molar-refractivity contribution in [3.05, 3.63) is 57.2 Å². The predicted molar refractivity (Wildman–Crippen MR) is 99.4 cm³/mol. The van der Waals surface area contributed by atoms with Gasteiger partial charge in [-0.25, -0.2) is 9.97 Å². The van der Waals surface area contributed by atoms with Crippen molar-refractivity contribution in [2.24, 2.45) is 0 Å². The summed E-state index contributed by atoms with van der Waals surface area (Å²) in [7, 11) is 0. The molecule has 130 valence electrons. The van der Waals surface area contributed by atoms with Crippen LogP contribution in [0.4, 0.5) is 11.5 Å². The number of aromatic nitrogens is 2. The smallest absolute Gasteiger partial charge is 0.289 e. The number of anilines is 1. The van der Waals surface area contributed by atoms with E-state index in [1.165, 1.54) is 17.0 Å². The zero-order valence-corrected chi connectivity index (χ0v) is 14.6. The van der Waals surface area contributed by atoms with Crippen molar-refractivity contribution >= 4 is 33.1 Å². The molecule has 0 saturated carbocycles. The van der Waals surface area contributed by atoms with Gasteiger partial charge in [0.25, 0.3) is 5.69 Å². The molecule has 26 heavy (non-hydrogen) atoms. The van der Waals surface area contributed by atoms with Crippen molar-refractivity contribution in [1.29, 1.82) is 5.26 Å². The van der Waals surface area contributed by atoms with Crippen LogP contribution in [0.25, 0.3) is 10.2 Å². The highest BCUT2D eigenvalue weighted by atomic mass is 32.1. The van der Waals surface area contributed by atoms with Crippen molar-refractivity contribution in [3.8, 4) is 6.07 Å². The maximum absolute atomic E-state index is 10.9. The number of thiazole rings is 1. The molecule has 3 aromatic rings. The molecule has 0 N–H and O–H groups in total. The first-order valence-corrected chi connectivity index (χ1v) is 9.12. The molecule has 7 nitrogen and oxygen atoms in total. The molecule has 1 aliphatic rings. The lowest BCUT2D eigenvalue weighted by Crippen LogP contribution is -2.35. The second kappa shape index (κ2) is 6.69. The van der Waals surface area contributed by atoms with Crippen molar-refractivity contribution in [3.63, 3.8) is 0 Å². The van der Waals surface area contributed by atoms with Gasteiger partial charge in [0.05, 0.1) is 20.1 Å². The summed E-state index contributed by atoms with van der Waals surface area (Å²) in [5, 5.41) is 21.4. The number of fused-ring (bicyclic) bond motifs is 1. The van der Waals surface area contributed by atoms with Crippen LogP contribution in [0.1, 0.15) is 29.3 Å². The molecule has 0 bridgehead atoms. The Morgan fingerprint density at radius 3 is 3.00 bits per heavy atom. The van der Waals surface area contributed by atoms with Crippen LogP contribution in [0.15, 0.2) is 36.5 Å². The minimum atomic E-state index is -0.530. The Labute approximate surface area is 153 Å². The fourth-order valence-electron chi connectivity index (χ4n) is 3.32. The second-order valence-electron chi connectivity index (χ2n) is 6.24. The topological polar surface area (TPSA) is 95.9 Å². The third-order valence-electron chi connectivity index (χ3n) is 4.56. The van der Waals surface area contributed by atoms with E-state index < -0.39 is 4.92 Å². The molecule has 2 aromatic heterocycles. The summed E-state index contributed by atoms with van der Waals surface area (Å²) in [6.07, 6.45) is 3.22. The van der Waals surface area contributed by atoms with Gasteiger partial charge in [0.2, 0.25) is 0 Å². The van der Waals surface area contributed by atoms with Crippen molar-refractivity contribution < 1.29 is 4.92 Å². The number of nitriles is 1. The molecule has 0 aliphatic carbocycles. The Morgan fingerprint density at radius 2 is 2.23 bits per heavy atom. The van der Waals surface area contributed by atoms with Crippen molar-refractivity contribution in [2.75, 3.05) is 18.0 Å². The first kappa shape index (κ1) is 16.4. The van der Waals surface area contributed by atoms with E-state index in [1.807, 2.05) is 29.2 Å². The van der Waals surface area contributed by atoms with Crippen molar-refractivity contribution in [1.82, 2.24) is 9.97 Å². The number of hydrogen-bond donors (Lipinski definition) is 0. The average molecular weight is 365 g/mol. The van der Waals surface area contributed by atoms with Gasteiger partial charge >= 0.3 is 0 Å². The molecule has 1 aromatic carbocycles. The largest absolute Gasteiger partial charge is 0.355 e. The summed E-state index contributed by atoms with van der Waals surface area (Å²) >= 11 is 1.70. The zero-order valence-electron chi connectivity index (χ0n) is 13.8. The highest BCUT2D eigenvalue weighted by molar-refractivity contribution is 7.18. The minimum Gasteiger partial charge on any atom is -0.355 e. The lowest BCUT2D eigenvalue weighted by molar-refractivity contribution is -0.385. The van der Waals surface area contributed by atoms with E-state index in [0.29, 0.717) is 12.4 Å². The van der Waals surface area contributed by atoms with Gasteiger partial charge in [-0.15, -0.1) is 11.3 Å². The monoisotopic (exact) mass is 365 g/mol. The second-order valence-corrected chi connectivity index (χ2v) is 7.30. The number of benzene rings is 1. The van der Waals surface area contributed by atoms with E-state index in [2.05, 4.69) is 11.1 Å². The molecule has 8 heteroatoms. The fraction of sp³-hybridized carbons (Fsp3) is 0.278. The first-order chi connectivity index (χ1) is 12.7. The molecule has 0 spiro atoms. The Balaban J connectivity index is 1.62. The number of para-hydroxylation sites is 1. The van der Waals surface area contributed by atoms with E-state index in [9.17, 15) is 15.4 Å². The number of rotatable bonds is 3. The Bertz CT molecular complexity index is 993. The van der Waals surface area contributed by atoms with Crippen LogP contribution in [0.3, 0.4) is 0 Å². The number of nitrogens with zero attached hydrogens (tertiary/aromatic N) is 5. The molecule has 1 fully saturated rings. The Kier molecular flexibility index (Phi) is 4.22. The van der Waals surface area contributed by atoms with Crippen LogP contribution in [0.5, 0.6) is 0 Å². The van der Waals surface area contributed by atoms with E-state index >= 15 is 0 Å². The third-order valence-corrected chi connectivity index (χ3v) is 5.76. The Morgan fingerprint density at radius 1 is 1.38 bits per heavy atom. The number of piperidine rings is 1. The molecule has 1 atom stereocenters. The summed E-state index contributed by atoms with van der Waals surface area (Å²) in [4.78, 5) is 21.4. The standard InChI is InChI=1S/C18H15N5O2S/c19-9-13-8-14(23(24)25)10-20-17(13)22-7-3-4-12(11-22)18-21-15-5-1-2-6-16(15)26-18/h1-2,5-6,8,10,12H,3-4,7,11H2/t12-/m0/s1. The third kappa shape index (κ3) is 2.97. The van der Waals surface area contributed by atoms with E-state index in [1.54, 1.807) is 11.3 Å². The lowest BCUT2D eigenvalue weighted by atomic mass is 9.98. The summed E-state index contributed by atoms with van der Waals surface area (Å²) in [5.74, 6) is 0.786. The van der Waals surface area contributed by atoms with Gasteiger partial charge in [0, 0.05) is 25.1 Å². The molecular formula is C18H15N5O2S. The van der Waals surface area contributed by atoms with Gasteiger partial charge < -0.3 is 4.90 Å². The molecule has 4 rings (SSSR count). The number of hydrogen-bond acceptors (Lipinski definition) is 7. The molecule has 1 saturated heterocycles. The summed E-state index contributed by atoms with van der Waals surface area (Å²) < 4.78 is 1.17. The maximum Gasteiger partial charge on any atom is 0.289 e. The Hall–Kier alpha value is -3.05. The van der Waals surface area contributed by atoms with E-state index in [4.69, 9.17) is 4.98 Å². The minimum absolute atomic E-state index is 0.162. The van der Waals surface area contributed by atoms with Crippen molar-refractivity contribution in [2.45, 2.75) is 18.8 Å². The average Bonchev–Trinajstić information content (AvgIpc) is 3.12.